The lowest BCUT2D eigenvalue weighted by atomic mass is 9.96. The number of ether oxygens (including phenoxy) is 1. The minimum absolute atomic E-state index is 0.00652. The van der Waals surface area contributed by atoms with Crippen LogP contribution in [-0.4, -0.2) is 63.5 Å². The summed E-state index contributed by atoms with van der Waals surface area (Å²) < 4.78 is 7.72. The molecule has 1 aliphatic heterocycles. The summed E-state index contributed by atoms with van der Waals surface area (Å²) >= 11 is 0. The number of aldehydes is 1. The Labute approximate surface area is 198 Å². The second kappa shape index (κ2) is 10.3. The van der Waals surface area contributed by atoms with E-state index in [4.69, 9.17) is 9.84 Å². The number of morpholine rings is 1. The number of nitriles is 1. The molecule has 3 aromatic rings. The van der Waals surface area contributed by atoms with Gasteiger partial charge in [0.05, 0.1) is 43.0 Å². The molecule has 0 bridgehead atoms. The van der Waals surface area contributed by atoms with Gasteiger partial charge in [0.2, 0.25) is 0 Å². The third-order valence-corrected chi connectivity index (χ3v) is 6.94. The maximum Gasteiger partial charge on any atom is 0.161 e. The van der Waals surface area contributed by atoms with Crippen molar-refractivity contribution in [2.45, 2.75) is 50.7 Å². The van der Waals surface area contributed by atoms with Crippen LogP contribution in [0.15, 0.2) is 24.8 Å². The molecule has 1 saturated heterocycles. The van der Waals surface area contributed by atoms with Crippen molar-refractivity contribution in [2.75, 3.05) is 31.2 Å². The minimum Gasteiger partial charge on any atom is -0.377 e. The SMILES string of the molecule is N#CCC(C1CCCC1)n1cc(-c2ncnc3[nH]ccc23)c(N(CCC=O)C2COCCN2)n1. The number of H-pyrrole nitrogens is 1. The number of nitrogens with one attached hydrogen (secondary N) is 2. The van der Waals surface area contributed by atoms with Crippen LogP contribution in [0.2, 0.25) is 0 Å². The number of aromatic nitrogens is 5. The Hall–Kier alpha value is -3.29. The smallest absolute Gasteiger partial charge is 0.161 e. The molecule has 1 aliphatic carbocycles. The third-order valence-electron chi connectivity index (χ3n) is 6.94. The maximum absolute atomic E-state index is 11.3. The molecular weight excluding hydrogens is 432 g/mol. The average Bonchev–Trinajstić information content (AvgIpc) is 3.64. The molecule has 0 radical (unpaired) electrons. The van der Waals surface area contributed by atoms with E-state index in [-0.39, 0.29) is 12.2 Å². The van der Waals surface area contributed by atoms with E-state index < -0.39 is 0 Å². The Morgan fingerprint density at radius 3 is 3.00 bits per heavy atom. The zero-order chi connectivity index (χ0) is 23.3. The predicted octanol–water partition coefficient (Wildman–Crippen LogP) is 2.81. The summed E-state index contributed by atoms with van der Waals surface area (Å²) in [5.41, 5.74) is 2.40. The van der Waals surface area contributed by atoms with Crippen LogP contribution in [0.3, 0.4) is 0 Å². The van der Waals surface area contributed by atoms with Gasteiger partial charge in [-0.15, -0.1) is 0 Å². The molecule has 3 aromatic heterocycles. The highest BCUT2D eigenvalue weighted by atomic mass is 16.5. The monoisotopic (exact) mass is 462 g/mol. The number of carbonyl (C=O) groups excluding carboxylic acids is 1. The van der Waals surface area contributed by atoms with Crippen LogP contribution in [0.5, 0.6) is 0 Å². The lowest BCUT2D eigenvalue weighted by Gasteiger charge is -2.35. The van der Waals surface area contributed by atoms with Crippen LogP contribution in [-0.2, 0) is 9.53 Å². The standard InChI is InChI=1S/C24H30N8O2/c25-8-6-20(17-4-1-2-5-17)32-14-19(22-18-7-9-27-23(18)29-16-28-22)24(30-32)31(11-3-12-33)21-15-34-13-10-26-21/h7,9,12,14,16-17,20-21,26H,1-6,10-11,13,15H2,(H,27,28,29). The van der Waals surface area contributed by atoms with E-state index in [9.17, 15) is 10.1 Å². The molecule has 0 spiro atoms. The lowest BCUT2D eigenvalue weighted by Crippen LogP contribution is -2.53. The zero-order valence-electron chi connectivity index (χ0n) is 19.2. The quantitative estimate of drug-likeness (QED) is 0.465. The number of fused-ring (bicyclic) bond motifs is 1. The Bertz CT molecular complexity index is 1150. The lowest BCUT2D eigenvalue weighted by molar-refractivity contribution is -0.107. The van der Waals surface area contributed by atoms with Crippen molar-refractivity contribution in [1.29, 1.82) is 5.26 Å². The van der Waals surface area contributed by atoms with Crippen LogP contribution in [0.25, 0.3) is 22.3 Å². The minimum atomic E-state index is -0.111. The Balaban J connectivity index is 1.64. The first-order chi connectivity index (χ1) is 16.8. The van der Waals surface area contributed by atoms with Crippen LogP contribution < -0.4 is 10.2 Å². The molecule has 5 rings (SSSR count). The van der Waals surface area contributed by atoms with Crippen LogP contribution in [0, 0.1) is 17.2 Å². The van der Waals surface area contributed by atoms with Crippen molar-refractivity contribution in [3.63, 3.8) is 0 Å². The molecule has 4 heterocycles. The molecule has 2 aliphatic rings. The van der Waals surface area contributed by atoms with Crippen LogP contribution in [0.4, 0.5) is 5.82 Å². The van der Waals surface area contributed by atoms with Gasteiger partial charge in [-0.3, -0.25) is 10.00 Å². The molecule has 0 aromatic carbocycles. The summed E-state index contributed by atoms with van der Waals surface area (Å²) in [6, 6.07) is 4.35. The van der Waals surface area contributed by atoms with Crippen molar-refractivity contribution in [3.05, 3.63) is 24.8 Å². The first-order valence-electron chi connectivity index (χ1n) is 12.1. The average molecular weight is 463 g/mol. The van der Waals surface area contributed by atoms with Gasteiger partial charge in [0.25, 0.3) is 0 Å². The van der Waals surface area contributed by atoms with Gasteiger partial charge in [-0.05, 0) is 24.8 Å². The highest BCUT2D eigenvalue weighted by Crippen LogP contribution is 2.39. The van der Waals surface area contributed by atoms with E-state index >= 15 is 0 Å². The van der Waals surface area contributed by atoms with Gasteiger partial charge in [-0.25, -0.2) is 9.97 Å². The second-order valence-electron chi connectivity index (χ2n) is 8.98. The van der Waals surface area contributed by atoms with E-state index in [1.54, 1.807) is 6.33 Å². The maximum atomic E-state index is 11.3. The Morgan fingerprint density at radius 1 is 1.35 bits per heavy atom. The Kier molecular flexibility index (Phi) is 6.83. The molecule has 178 valence electrons. The Morgan fingerprint density at radius 2 is 2.24 bits per heavy atom. The topological polar surface area (TPSA) is 125 Å². The number of anilines is 1. The van der Waals surface area contributed by atoms with Gasteiger partial charge < -0.3 is 19.4 Å². The molecule has 2 atom stereocenters. The van der Waals surface area contributed by atoms with Crippen molar-refractivity contribution in [2.24, 2.45) is 5.92 Å². The van der Waals surface area contributed by atoms with Gasteiger partial charge >= 0.3 is 0 Å². The van der Waals surface area contributed by atoms with Gasteiger partial charge in [0.15, 0.2) is 5.82 Å². The largest absolute Gasteiger partial charge is 0.377 e. The number of aromatic amines is 1. The second-order valence-corrected chi connectivity index (χ2v) is 8.98. The highest BCUT2D eigenvalue weighted by molar-refractivity contribution is 5.93. The molecule has 10 nitrogen and oxygen atoms in total. The summed E-state index contributed by atoms with van der Waals surface area (Å²) in [6.45, 7) is 2.38. The van der Waals surface area contributed by atoms with Gasteiger partial charge in [0, 0.05) is 37.3 Å². The fraction of sp³-hybridized carbons (Fsp3) is 0.542. The molecule has 2 N–H and O–H groups in total. The fourth-order valence-corrected chi connectivity index (χ4v) is 5.28. The molecule has 0 amide bonds. The van der Waals surface area contributed by atoms with E-state index in [1.165, 1.54) is 12.8 Å². The summed E-state index contributed by atoms with van der Waals surface area (Å²) in [4.78, 5) is 25.6. The van der Waals surface area contributed by atoms with Crippen molar-refractivity contribution >= 4 is 23.1 Å². The highest BCUT2D eigenvalue weighted by Gasteiger charge is 2.32. The fourth-order valence-electron chi connectivity index (χ4n) is 5.28. The summed E-state index contributed by atoms with van der Waals surface area (Å²) in [5.74, 6) is 1.17. The number of hydrogen-bond donors (Lipinski definition) is 2. The molecule has 10 heteroatoms. The van der Waals surface area contributed by atoms with E-state index in [1.807, 2.05) is 23.1 Å². The summed E-state index contributed by atoms with van der Waals surface area (Å²) in [5, 5.41) is 19.1. The third kappa shape index (κ3) is 4.41. The number of carbonyl (C=O) groups is 1. The molecule has 34 heavy (non-hydrogen) atoms. The number of rotatable bonds is 9. The van der Waals surface area contributed by atoms with E-state index in [0.29, 0.717) is 38.5 Å². The molecule has 1 saturated carbocycles. The van der Waals surface area contributed by atoms with E-state index in [0.717, 1.165) is 53.8 Å². The van der Waals surface area contributed by atoms with Gasteiger partial charge in [-0.2, -0.15) is 10.4 Å². The summed E-state index contributed by atoms with van der Waals surface area (Å²) in [6.07, 6.45) is 11.6. The molecular formula is C24H30N8O2. The van der Waals surface area contributed by atoms with Gasteiger partial charge in [0.1, 0.15) is 24.4 Å². The molecule has 2 unspecified atom stereocenters. The summed E-state index contributed by atoms with van der Waals surface area (Å²) in [7, 11) is 0. The van der Waals surface area contributed by atoms with Crippen LogP contribution in [0.1, 0.15) is 44.6 Å². The first-order valence-corrected chi connectivity index (χ1v) is 12.1. The van der Waals surface area contributed by atoms with E-state index in [2.05, 4.69) is 31.2 Å². The first kappa shape index (κ1) is 22.5. The van der Waals surface area contributed by atoms with Crippen molar-refractivity contribution in [3.8, 4) is 17.3 Å². The van der Waals surface area contributed by atoms with Gasteiger partial charge in [-0.1, -0.05) is 12.8 Å². The number of hydrogen-bond acceptors (Lipinski definition) is 8. The van der Waals surface area contributed by atoms with Crippen LogP contribution >= 0.6 is 0 Å². The molecule has 2 fully saturated rings. The normalized spacial score (nSPS) is 19.8. The zero-order valence-corrected chi connectivity index (χ0v) is 19.2. The number of nitrogens with zero attached hydrogens (tertiary/aromatic N) is 6. The van der Waals surface area contributed by atoms with Crippen molar-refractivity contribution < 1.29 is 9.53 Å². The predicted molar refractivity (Wildman–Crippen MR) is 127 cm³/mol. The van der Waals surface area contributed by atoms with Crippen molar-refractivity contribution in [1.82, 2.24) is 30.0 Å².